The second-order valence-corrected chi connectivity index (χ2v) is 4.10. The number of carbonyl (C=O) groups is 1. The molecule has 0 radical (unpaired) electrons. The van der Waals surface area contributed by atoms with E-state index in [9.17, 15) is 4.79 Å². The molecule has 5 nitrogen and oxygen atoms in total. The van der Waals surface area contributed by atoms with Gasteiger partial charge in [0, 0.05) is 19.7 Å². The summed E-state index contributed by atoms with van der Waals surface area (Å²) in [5.41, 5.74) is 1.33. The maximum absolute atomic E-state index is 10.9. The molecule has 1 aliphatic rings. The fourth-order valence-electron chi connectivity index (χ4n) is 2.02. The minimum absolute atomic E-state index is 0.140. The lowest BCUT2D eigenvalue weighted by Gasteiger charge is -2.23. The second-order valence-electron chi connectivity index (χ2n) is 4.10. The first-order valence-corrected chi connectivity index (χ1v) is 5.82. The molecule has 0 aliphatic carbocycles. The van der Waals surface area contributed by atoms with Crippen molar-refractivity contribution in [2.75, 3.05) is 31.2 Å². The highest BCUT2D eigenvalue weighted by Crippen LogP contribution is 2.22. The molecule has 1 aliphatic heterocycles. The van der Waals surface area contributed by atoms with Crippen molar-refractivity contribution in [3.8, 4) is 6.07 Å². The van der Waals surface area contributed by atoms with Gasteiger partial charge in [0.2, 0.25) is 0 Å². The lowest BCUT2D eigenvalue weighted by molar-refractivity contribution is 0.0697. The molecule has 1 fully saturated rings. The Kier molecular flexibility index (Phi) is 3.80. The Bertz CT molecular complexity index is 485. The standard InChI is InChI=1S/C13H14N2O3/c14-9-11-8-10(13(16)17)2-3-12(11)15-4-1-6-18-7-5-15/h2-3,8H,1,4-7H2,(H,16,17). The minimum atomic E-state index is -1.02. The van der Waals surface area contributed by atoms with E-state index in [0.29, 0.717) is 12.2 Å². The predicted octanol–water partition coefficient (Wildman–Crippen LogP) is 1.48. The normalized spacial score (nSPS) is 15.8. The SMILES string of the molecule is N#Cc1cc(C(=O)O)ccc1N1CCCOCC1. The number of rotatable bonds is 2. The number of anilines is 1. The quantitative estimate of drug-likeness (QED) is 0.855. The maximum Gasteiger partial charge on any atom is 0.335 e. The number of aromatic carboxylic acids is 1. The summed E-state index contributed by atoms with van der Waals surface area (Å²) in [6.45, 7) is 2.90. The first-order chi connectivity index (χ1) is 8.72. The van der Waals surface area contributed by atoms with Crippen LogP contribution in [0.2, 0.25) is 0 Å². The topological polar surface area (TPSA) is 73.6 Å². The van der Waals surface area contributed by atoms with E-state index in [0.717, 1.165) is 31.8 Å². The van der Waals surface area contributed by atoms with Crippen LogP contribution in [-0.2, 0) is 4.74 Å². The van der Waals surface area contributed by atoms with Gasteiger partial charge in [-0.15, -0.1) is 0 Å². The van der Waals surface area contributed by atoms with Crippen molar-refractivity contribution in [2.45, 2.75) is 6.42 Å². The number of hydrogen-bond donors (Lipinski definition) is 1. The highest BCUT2D eigenvalue weighted by Gasteiger charge is 2.15. The molecule has 0 bridgehead atoms. The minimum Gasteiger partial charge on any atom is -0.478 e. The van der Waals surface area contributed by atoms with Gasteiger partial charge in [-0.2, -0.15) is 5.26 Å². The molecule has 0 saturated carbocycles. The molecule has 1 heterocycles. The number of carboxylic acids is 1. The van der Waals surface area contributed by atoms with E-state index in [4.69, 9.17) is 15.1 Å². The summed E-state index contributed by atoms with van der Waals surface area (Å²) in [6, 6.07) is 6.72. The van der Waals surface area contributed by atoms with Crippen LogP contribution in [0.5, 0.6) is 0 Å². The molecule has 1 aromatic rings. The lowest BCUT2D eigenvalue weighted by atomic mass is 10.1. The number of hydrogen-bond acceptors (Lipinski definition) is 4. The van der Waals surface area contributed by atoms with E-state index in [1.165, 1.54) is 12.1 Å². The molecule has 18 heavy (non-hydrogen) atoms. The molecule has 0 aromatic heterocycles. The van der Waals surface area contributed by atoms with Gasteiger partial charge in [0.05, 0.1) is 23.4 Å². The third kappa shape index (κ3) is 2.60. The molecule has 1 saturated heterocycles. The fourth-order valence-corrected chi connectivity index (χ4v) is 2.02. The van der Waals surface area contributed by atoms with E-state index in [1.54, 1.807) is 6.07 Å². The van der Waals surface area contributed by atoms with Gasteiger partial charge < -0.3 is 14.7 Å². The summed E-state index contributed by atoms with van der Waals surface area (Å²) >= 11 is 0. The smallest absolute Gasteiger partial charge is 0.335 e. The summed E-state index contributed by atoms with van der Waals surface area (Å²) in [4.78, 5) is 12.9. The molecule has 0 atom stereocenters. The highest BCUT2D eigenvalue weighted by atomic mass is 16.5. The average molecular weight is 246 g/mol. The van der Waals surface area contributed by atoms with Crippen molar-refractivity contribution >= 4 is 11.7 Å². The Labute approximate surface area is 105 Å². The number of nitriles is 1. The van der Waals surface area contributed by atoms with Crippen LogP contribution in [0.15, 0.2) is 18.2 Å². The van der Waals surface area contributed by atoms with E-state index in [1.807, 2.05) is 0 Å². The van der Waals surface area contributed by atoms with Gasteiger partial charge in [0.1, 0.15) is 6.07 Å². The number of nitrogens with zero attached hydrogens (tertiary/aromatic N) is 2. The van der Waals surface area contributed by atoms with Gasteiger partial charge in [-0.3, -0.25) is 0 Å². The molecule has 5 heteroatoms. The summed E-state index contributed by atoms with van der Waals surface area (Å²) < 4.78 is 5.36. The third-order valence-corrected chi connectivity index (χ3v) is 2.93. The first kappa shape index (κ1) is 12.4. The Balaban J connectivity index is 2.32. The van der Waals surface area contributed by atoms with Crippen LogP contribution >= 0.6 is 0 Å². The van der Waals surface area contributed by atoms with Crippen LogP contribution in [0.3, 0.4) is 0 Å². The number of benzene rings is 1. The zero-order valence-corrected chi connectivity index (χ0v) is 9.93. The van der Waals surface area contributed by atoms with Gasteiger partial charge >= 0.3 is 5.97 Å². The van der Waals surface area contributed by atoms with Crippen molar-refractivity contribution in [3.05, 3.63) is 29.3 Å². The van der Waals surface area contributed by atoms with Gasteiger partial charge in [-0.1, -0.05) is 0 Å². The number of ether oxygens (including phenoxy) is 1. The van der Waals surface area contributed by atoms with Crippen LogP contribution in [0.25, 0.3) is 0 Å². The monoisotopic (exact) mass is 246 g/mol. The Hall–Kier alpha value is -2.06. The van der Waals surface area contributed by atoms with Gasteiger partial charge in [0.15, 0.2) is 0 Å². The van der Waals surface area contributed by atoms with Crippen LogP contribution in [0.1, 0.15) is 22.3 Å². The summed E-state index contributed by atoms with van der Waals surface area (Å²) in [5, 5.41) is 18.0. The third-order valence-electron chi connectivity index (χ3n) is 2.93. The van der Waals surface area contributed by atoms with Gasteiger partial charge in [-0.25, -0.2) is 4.79 Å². The number of carboxylic acid groups (broad SMARTS) is 1. The molecule has 94 valence electrons. The van der Waals surface area contributed by atoms with E-state index in [-0.39, 0.29) is 5.56 Å². The Morgan fingerprint density at radius 1 is 1.39 bits per heavy atom. The van der Waals surface area contributed by atoms with Crippen LogP contribution in [-0.4, -0.2) is 37.4 Å². The molecule has 1 aromatic carbocycles. The van der Waals surface area contributed by atoms with Crippen LogP contribution in [0.4, 0.5) is 5.69 Å². The Morgan fingerprint density at radius 2 is 2.22 bits per heavy atom. The summed E-state index contributed by atoms with van der Waals surface area (Å²) in [6.07, 6.45) is 0.908. The molecular formula is C13H14N2O3. The molecule has 2 rings (SSSR count). The Morgan fingerprint density at radius 3 is 2.94 bits per heavy atom. The molecule has 0 unspecified atom stereocenters. The second kappa shape index (κ2) is 5.52. The maximum atomic E-state index is 10.9. The predicted molar refractivity (Wildman–Crippen MR) is 65.8 cm³/mol. The largest absolute Gasteiger partial charge is 0.478 e. The zero-order valence-electron chi connectivity index (χ0n) is 9.93. The fraction of sp³-hybridized carbons (Fsp3) is 0.385. The van der Waals surface area contributed by atoms with Gasteiger partial charge in [-0.05, 0) is 24.6 Å². The van der Waals surface area contributed by atoms with Crippen molar-refractivity contribution in [3.63, 3.8) is 0 Å². The zero-order chi connectivity index (χ0) is 13.0. The first-order valence-electron chi connectivity index (χ1n) is 5.82. The van der Waals surface area contributed by atoms with Crippen molar-refractivity contribution in [1.29, 1.82) is 5.26 Å². The van der Waals surface area contributed by atoms with Crippen LogP contribution < -0.4 is 4.90 Å². The molecule has 0 spiro atoms. The van der Waals surface area contributed by atoms with E-state index < -0.39 is 5.97 Å². The van der Waals surface area contributed by atoms with E-state index in [2.05, 4.69) is 11.0 Å². The highest BCUT2D eigenvalue weighted by molar-refractivity contribution is 5.89. The van der Waals surface area contributed by atoms with Crippen molar-refractivity contribution in [1.82, 2.24) is 0 Å². The average Bonchev–Trinajstić information content (AvgIpc) is 2.66. The van der Waals surface area contributed by atoms with E-state index >= 15 is 0 Å². The molecule has 0 amide bonds. The molecule has 1 N–H and O–H groups in total. The van der Waals surface area contributed by atoms with Crippen molar-refractivity contribution < 1.29 is 14.6 Å². The van der Waals surface area contributed by atoms with Crippen LogP contribution in [0, 0.1) is 11.3 Å². The van der Waals surface area contributed by atoms with Crippen molar-refractivity contribution in [2.24, 2.45) is 0 Å². The lowest BCUT2D eigenvalue weighted by Crippen LogP contribution is -2.26. The molecular weight excluding hydrogens is 232 g/mol. The summed E-state index contributed by atoms with van der Waals surface area (Å²) in [5.74, 6) is -1.02. The van der Waals surface area contributed by atoms with Gasteiger partial charge in [0.25, 0.3) is 0 Å². The summed E-state index contributed by atoms with van der Waals surface area (Å²) in [7, 11) is 0.